The highest BCUT2D eigenvalue weighted by atomic mass is 35.5. The molecule has 2 heterocycles. The summed E-state index contributed by atoms with van der Waals surface area (Å²) in [4.78, 5) is 17.2. The standard InChI is InChI=1S/C19H23ClFN3O/c1-13-10-16(19(25)12-23-8-6-22(3)7-9-23)14(2)24(13)15-4-5-18(21)17(20)11-15/h4-5,10-11H,6-9,12H2,1-3H3. The van der Waals surface area contributed by atoms with Crippen LogP contribution in [0.4, 0.5) is 4.39 Å². The van der Waals surface area contributed by atoms with Crippen LogP contribution < -0.4 is 0 Å². The lowest BCUT2D eigenvalue weighted by molar-refractivity contribution is 0.0876. The summed E-state index contributed by atoms with van der Waals surface area (Å²) >= 11 is 5.91. The minimum atomic E-state index is -0.445. The number of ketones is 1. The van der Waals surface area contributed by atoms with Crippen molar-refractivity contribution in [3.8, 4) is 5.69 Å². The summed E-state index contributed by atoms with van der Waals surface area (Å²) in [6.45, 7) is 8.09. The molecule has 1 aliphatic rings. The van der Waals surface area contributed by atoms with E-state index in [4.69, 9.17) is 11.6 Å². The van der Waals surface area contributed by atoms with Crippen LogP contribution in [0.2, 0.25) is 5.02 Å². The maximum atomic E-state index is 13.4. The maximum Gasteiger partial charge on any atom is 0.178 e. The van der Waals surface area contributed by atoms with E-state index in [1.54, 1.807) is 12.1 Å². The zero-order valence-electron chi connectivity index (χ0n) is 14.9. The summed E-state index contributed by atoms with van der Waals surface area (Å²) in [6.07, 6.45) is 0. The Labute approximate surface area is 152 Å². The summed E-state index contributed by atoms with van der Waals surface area (Å²) in [7, 11) is 2.10. The number of aryl methyl sites for hydroxylation is 1. The van der Waals surface area contributed by atoms with E-state index in [1.165, 1.54) is 6.07 Å². The number of likely N-dealkylation sites (N-methyl/N-ethyl adjacent to an activating group) is 1. The molecule has 0 aliphatic carbocycles. The molecule has 1 aromatic heterocycles. The zero-order valence-corrected chi connectivity index (χ0v) is 15.6. The number of piperazine rings is 1. The van der Waals surface area contributed by atoms with Crippen molar-refractivity contribution in [2.75, 3.05) is 39.8 Å². The molecule has 0 bridgehead atoms. The van der Waals surface area contributed by atoms with Crippen LogP contribution >= 0.6 is 11.6 Å². The highest BCUT2D eigenvalue weighted by molar-refractivity contribution is 6.30. The number of hydrogen-bond acceptors (Lipinski definition) is 3. The van der Waals surface area contributed by atoms with Crippen molar-refractivity contribution in [3.05, 3.63) is 52.1 Å². The number of rotatable bonds is 4. The van der Waals surface area contributed by atoms with Gasteiger partial charge in [0.25, 0.3) is 0 Å². The number of carbonyl (C=O) groups is 1. The molecule has 1 aromatic carbocycles. The second-order valence-electron chi connectivity index (χ2n) is 6.72. The van der Waals surface area contributed by atoms with Crippen LogP contribution in [0.25, 0.3) is 5.69 Å². The first-order valence-corrected chi connectivity index (χ1v) is 8.83. The van der Waals surface area contributed by atoms with Gasteiger partial charge in [-0.3, -0.25) is 9.69 Å². The number of aromatic nitrogens is 1. The first-order chi connectivity index (χ1) is 11.9. The molecule has 1 saturated heterocycles. The molecular formula is C19H23ClFN3O. The Hall–Kier alpha value is -1.69. The number of hydrogen-bond donors (Lipinski definition) is 0. The quantitative estimate of drug-likeness (QED) is 0.780. The van der Waals surface area contributed by atoms with Gasteiger partial charge in [-0.2, -0.15) is 0 Å². The monoisotopic (exact) mass is 363 g/mol. The van der Waals surface area contributed by atoms with Gasteiger partial charge in [-0.1, -0.05) is 11.6 Å². The predicted molar refractivity (Wildman–Crippen MR) is 98.5 cm³/mol. The van der Waals surface area contributed by atoms with E-state index in [0.29, 0.717) is 6.54 Å². The lowest BCUT2D eigenvalue weighted by Gasteiger charge is -2.31. The van der Waals surface area contributed by atoms with E-state index in [-0.39, 0.29) is 10.8 Å². The minimum Gasteiger partial charge on any atom is -0.318 e. The molecule has 134 valence electrons. The summed E-state index contributed by atoms with van der Waals surface area (Å²) in [6, 6.07) is 6.52. The van der Waals surface area contributed by atoms with Gasteiger partial charge in [-0.15, -0.1) is 0 Å². The van der Waals surface area contributed by atoms with Crippen molar-refractivity contribution in [3.63, 3.8) is 0 Å². The Bertz CT molecular complexity index is 794. The van der Waals surface area contributed by atoms with Crippen molar-refractivity contribution in [1.82, 2.24) is 14.4 Å². The summed E-state index contributed by atoms with van der Waals surface area (Å²) < 4.78 is 15.4. The molecule has 3 rings (SSSR count). The molecule has 6 heteroatoms. The lowest BCUT2D eigenvalue weighted by Crippen LogP contribution is -2.46. The van der Waals surface area contributed by atoms with Gasteiger partial charge in [0.1, 0.15) is 5.82 Å². The molecule has 1 aliphatic heterocycles. The van der Waals surface area contributed by atoms with Crippen LogP contribution in [0, 0.1) is 19.7 Å². The molecule has 1 fully saturated rings. The van der Waals surface area contributed by atoms with Gasteiger partial charge in [-0.05, 0) is 45.2 Å². The van der Waals surface area contributed by atoms with E-state index in [2.05, 4.69) is 16.8 Å². The SMILES string of the molecule is Cc1cc(C(=O)CN2CCN(C)CC2)c(C)n1-c1ccc(F)c(Cl)c1. The Kier molecular flexibility index (Phi) is 5.27. The molecule has 0 amide bonds. The van der Waals surface area contributed by atoms with Gasteiger partial charge in [0.15, 0.2) is 5.78 Å². The van der Waals surface area contributed by atoms with Crippen LogP contribution in [0.1, 0.15) is 21.7 Å². The van der Waals surface area contributed by atoms with Gasteiger partial charge < -0.3 is 9.47 Å². The zero-order chi connectivity index (χ0) is 18.1. The van der Waals surface area contributed by atoms with Gasteiger partial charge in [0.2, 0.25) is 0 Å². The van der Waals surface area contributed by atoms with E-state index < -0.39 is 5.82 Å². The summed E-state index contributed by atoms with van der Waals surface area (Å²) in [5, 5.41) is 0.0790. The van der Waals surface area contributed by atoms with E-state index >= 15 is 0 Å². The fourth-order valence-corrected chi connectivity index (χ4v) is 3.54. The molecule has 0 spiro atoms. The van der Waals surface area contributed by atoms with Crippen molar-refractivity contribution < 1.29 is 9.18 Å². The Morgan fingerprint density at radius 3 is 2.48 bits per heavy atom. The summed E-state index contributed by atoms with van der Waals surface area (Å²) in [5.74, 6) is -0.323. The maximum absolute atomic E-state index is 13.4. The highest BCUT2D eigenvalue weighted by Crippen LogP contribution is 2.25. The van der Waals surface area contributed by atoms with Gasteiger partial charge in [-0.25, -0.2) is 4.39 Å². The average Bonchev–Trinajstić information content (AvgIpc) is 2.87. The van der Waals surface area contributed by atoms with Crippen molar-refractivity contribution in [2.24, 2.45) is 0 Å². The summed E-state index contributed by atoms with van der Waals surface area (Å²) in [5.41, 5.74) is 3.28. The lowest BCUT2D eigenvalue weighted by atomic mass is 10.1. The third-order valence-corrected chi connectivity index (χ3v) is 5.15. The largest absolute Gasteiger partial charge is 0.318 e. The highest BCUT2D eigenvalue weighted by Gasteiger charge is 2.21. The Morgan fingerprint density at radius 1 is 1.16 bits per heavy atom. The van der Waals surface area contributed by atoms with E-state index in [1.807, 2.05) is 24.5 Å². The number of nitrogens with zero attached hydrogens (tertiary/aromatic N) is 3. The molecule has 0 N–H and O–H groups in total. The number of benzene rings is 1. The predicted octanol–water partition coefficient (Wildman–Crippen LogP) is 3.32. The fraction of sp³-hybridized carbons (Fsp3) is 0.421. The molecule has 2 aromatic rings. The second-order valence-corrected chi connectivity index (χ2v) is 7.13. The molecular weight excluding hydrogens is 341 g/mol. The number of carbonyl (C=O) groups excluding carboxylic acids is 1. The van der Waals surface area contributed by atoms with Crippen LogP contribution in [-0.4, -0.2) is 59.9 Å². The van der Waals surface area contributed by atoms with Gasteiger partial charge in [0.05, 0.1) is 11.6 Å². The molecule has 0 saturated carbocycles. The van der Waals surface area contributed by atoms with E-state index in [9.17, 15) is 9.18 Å². The van der Waals surface area contributed by atoms with Crippen molar-refractivity contribution >= 4 is 17.4 Å². The van der Waals surface area contributed by atoms with Crippen LogP contribution in [0.3, 0.4) is 0 Å². The number of Topliss-reactive ketones (excluding diaryl/α,β-unsaturated/α-hetero) is 1. The van der Waals surface area contributed by atoms with Gasteiger partial charge >= 0.3 is 0 Å². The normalized spacial score (nSPS) is 16.4. The van der Waals surface area contributed by atoms with Crippen molar-refractivity contribution in [1.29, 1.82) is 0 Å². The van der Waals surface area contributed by atoms with Crippen molar-refractivity contribution in [2.45, 2.75) is 13.8 Å². The number of halogens is 2. The molecule has 0 unspecified atom stereocenters. The Morgan fingerprint density at radius 2 is 1.84 bits per heavy atom. The molecule has 0 atom stereocenters. The van der Waals surface area contributed by atoms with Crippen LogP contribution in [-0.2, 0) is 0 Å². The molecule has 25 heavy (non-hydrogen) atoms. The first-order valence-electron chi connectivity index (χ1n) is 8.45. The fourth-order valence-electron chi connectivity index (χ4n) is 3.36. The third-order valence-electron chi connectivity index (χ3n) is 4.86. The minimum absolute atomic E-state index is 0.0790. The van der Waals surface area contributed by atoms with Crippen LogP contribution in [0.5, 0.6) is 0 Å². The van der Waals surface area contributed by atoms with Gasteiger partial charge in [0, 0.05) is 48.8 Å². The Balaban J connectivity index is 1.83. The van der Waals surface area contributed by atoms with Crippen LogP contribution in [0.15, 0.2) is 24.3 Å². The average molecular weight is 364 g/mol. The van der Waals surface area contributed by atoms with E-state index in [0.717, 1.165) is 48.8 Å². The topological polar surface area (TPSA) is 28.5 Å². The smallest absolute Gasteiger partial charge is 0.178 e. The third kappa shape index (κ3) is 3.78. The first kappa shape index (κ1) is 18.1. The second kappa shape index (κ2) is 7.28. The molecule has 4 nitrogen and oxygen atoms in total. The molecule has 0 radical (unpaired) electrons.